The minimum Gasteiger partial charge on any atom is -0.340 e. The van der Waals surface area contributed by atoms with Crippen LogP contribution in [-0.2, 0) is 0 Å². The van der Waals surface area contributed by atoms with Crippen LogP contribution in [0, 0.1) is 10.1 Å². The minimum atomic E-state index is -0.468. The van der Waals surface area contributed by atoms with Crippen LogP contribution < -0.4 is 5.32 Å². The Balaban J connectivity index is 2.02. The molecular weight excluding hydrogens is 284 g/mol. The van der Waals surface area contributed by atoms with Crippen LogP contribution in [0.3, 0.4) is 0 Å². The second kappa shape index (κ2) is 4.74. The zero-order valence-corrected chi connectivity index (χ0v) is 10.6. The molecule has 0 radical (unpaired) electrons. The van der Waals surface area contributed by atoms with Crippen molar-refractivity contribution in [2.45, 2.75) is 0 Å². The highest BCUT2D eigenvalue weighted by Gasteiger charge is 2.11. The number of non-ortho nitro benzene ring substituents is 1. The molecule has 2 N–H and O–H groups in total. The monoisotopic (exact) mass is 290 g/mol. The zero-order chi connectivity index (χ0) is 14.1. The lowest BCUT2D eigenvalue weighted by Crippen LogP contribution is -1.98. The summed E-state index contributed by atoms with van der Waals surface area (Å²) in [6.07, 6.45) is 1.47. The quantitative estimate of drug-likeness (QED) is 0.436. The van der Waals surface area contributed by atoms with E-state index in [1.165, 1.54) is 18.5 Å². The van der Waals surface area contributed by atoms with Gasteiger partial charge in [0.2, 0.25) is 5.28 Å². The molecule has 0 aliphatic heterocycles. The Labute approximate surface area is 117 Å². The lowest BCUT2D eigenvalue weighted by atomic mass is 10.3. The Hall–Kier alpha value is -2.74. The first-order valence-electron chi connectivity index (χ1n) is 5.51. The number of benzene rings is 1. The lowest BCUT2D eigenvalue weighted by molar-refractivity contribution is -0.384. The summed E-state index contributed by atoms with van der Waals surface area (Å²) in [6.45, 7) is 0. The first-order valence-corrected chi connectivity index (χ1v) is 5.89. The highest BCUT2D eigenvalue weighted by molar-refractivity contribution is 6.28. The number of hydrogen-bond acceptors (Lipinski definition) is 6. The molecule has 3 rings (SSSR count). The molecule has 0 saturated heterocycles. The van der Waals surface area contributed by atoms with Crippen molar-refractivity contribution < 1.29 is 4.92 Å². The van der Waals surface area contributed by atoms with Gasteiger partial charge < -0.3 is 10.3 Å². The third-order valence-corrected chi connectivity index (χ3v) is 2.75. The molecular formula is C11H7ClN6O2. The first kappa shape index (κ1) is 12.3. The number of hydrogen-bond donors (Lipinski definition) is 2. The van der Waals surface area contributed by atoms with Gasteiger partial charge in [-0.15, -0.1) is 0 Å². The summed E-state index contributed by atoms with van der Waals surface area (Å²) >= 11 is 5.80. The van der Waals surface area contributed by atoms with E-state index in [1.54, 1.807) is 12.1 Å². The van der Waals surface area contributed by atoms with Gasteiger partial charge in [0.1, 0.15) is 5.52 Å². The molecule has 0 aliphatic carbocycles. The van der Waals surface area contributed by atoms with Crippen molar-refractivity contribution in [1.82, 2.24) is 19.9 Å². The molecule has 0 fully saturated rings. The molecule has 20 heavy (non-hydrogen) atoms. The van der Waals surface area contributed by atoms with Crippen LogP contribution in [0.1, 0.15) is 0 Å². The number of nitro benzene ring substituents is 1. The van der Waals surface area contributed by atoms with Gasteiger partial charge in [-0.2, -0.15) is 9.97 Å². The maximum absolute atomic E-state index is 10.7. The second-order valence-corrected chi connectivity index (χ2v) is 4.21. The van der Waals surface area contributed by atoms with Gasteiger partial charge in [0.15, 0.2) is 11.5 Å². The number of H-pyrrole nitrogens is 1. The topological polar surface area (TPSA) is 110 Å². The van der Waals surface area contributed by atoms with Gasteiger partial charge in [0, 0.05) is 17.8 Å². The van der Waals surface area contributed by atoms with Crippen molar-refractivity contribution in [3.8, 4) is 0 Å². The van der Waals surface area contributed by atoms with E-state index in [9.17, 15) is 10.1 Å². The van der Waals surface area contributed by atoms with E-state index in [4.69, 9.17) is 11.6 Å². The molecule has 3 aromatic rings. The van der Waals surface area contributed by atoms with Crippen molar-refractivity contribution in [2.75, 3.05) is 5.32 Å². The molecule has 100 valence electrons. The van der Waals surface area contributed by atoms with Crippen LogP contribution in [0.5, 0.6) is 0 Å². The Morgan fingerprint density at radius 1 is 1.35 bits per heavy atom. The summed E-state index contributed by atoms with van der Waals surface area (Å²) < 4.78 is 0. The number of imidazole rings is 1. The van der Waals surface area contributed by atoms with Gasteiger partial charge in [0.25, 0.3) is 5.69 Å². The second-order valence-electron chi connectivity index (χ2n) is 3.87. The van der Waals surface area contributed by atoms with Crippen molar-refractivity contribution >= 4 is 40.0 Å². The molecule has 2 aromatic heterocycles. The van der Waals surface area contributed by atoms with E-state index in [-0.39, 0.29) is 11.0 Å². The van der Waals surface area contributed by atoms with Crippen LogP contribution in [-0.4, -0.2) is 24.9 Å². The van der Waals surface area contributed by atoms with E-state index in [1.807, 2.05) is 0 Å². The third kappa shape index (κ3) is 2.24. The van der Waals surface area contributed by atoms with Crippen LogP contribution in [0.4, 0.5) is 17.2 Å². The fourth-order valence-electron chi connectivity index (χ4n) is 1.73. The van der Waals surface area contributed by atoms with Gasteiger partial charge >= 0.3 is 0 Å². The molecule has 8 nitrogen and oxygen atoms in total. The van der Waals surface area contributed by atoms with Crippen molar-refractivity contribution in [2.24, 2.45) is 0 Å². The molecule has 2 heterocycles. The number of fused-ring (bicyclic) bond motifs is 1. The number of rotatable bonds is 3. The minimum absolute atomic E-state index is 0.0176. The maximum atomic E-state index is 10.7. The third-order valence-electron chi connectivity index (χ3n) is 2.58. The molecule has 0 atom stereocenters. The summed E-state index contributed by atoms with van der Waals surface area (Å²) in [5.41, 5.74) is 1.49. The van der Waals surface area contributed by atoms with Gasteiger partial charge in [-0.25, -0.2) is 4.98 Å². The van der Waals surface area contributed by atoms with E-state index in [0.717, 1.165) is 0 Å². The SMILES string of the molecule is O=[N+]([O-])c1cccc(Nc2nc(Cl)nc3nc[nH]c23)c1. The number of halogens is 1. The van der Waals surface area contributed by atoms with E-state index in [2.05, 4.69) is 25.3 Å². The standard InChI is InChI=1S/C11H7ClN6O2/c12-11-16-9-8(13-5-14-9)10(17-11)15-6-2-1-3-7(4-6)18(19)20/h1-5H,(H2,13,14,15,16,17). The number of nitrogens with one attached hydrogen (secondary N) is 2. The van der Waals surface area contributed by atoms with Crippen molar-refractivity contribution in [1.29, 1.82) is 0 Å². The van der Waals surface area contributed by atoms with Gasteiger partial charge in [-0.05, 0) is 17.7 Å². The zero-order valence-electron chi connectivity index (χ0n) is 9.87. The summed E-state index contributed by atoms with van der Waals surface area (Å²) in [5.74, 6) is 0.401. The van der Waals surface area contributed by atoms with Gasteiger partial charge in [0.05, 0.1) is 11.3 Å². The Kier molecular flexibility index (Phi) is 2.92. The van der Waals surface area contributed by atoms with Crippen molar-refractivity contribution in [3.63, 3.8) is 0 Å². The Morgan fingerprint density at radius 2 is 2.20 bits per heavy atom. The van der Waals surface area contributed by atoms with Crippen LogP contribution in [0.2, 0.25) is 5.28 Å². The smallest absolute Gasteiger partial charge is 0.271 e. The summed E-state index contributed by atoms with van der Waals surface area (Å²) in [6, 6.07) is 6.07. The average molecular weight is 291 g/mol. The molecule has 0 aliphatic rings. The normalized spacial score (nSPS) is 10.7. The Bertz CT molecular complexity index is 802. The number of aromatic nitrogens is 4. The largest absolute Gasteiger partial charge is 0.340 e. The number of anilines is 2. The fraction of sp³-hybridized carbons (Fsp3) is 0. The molecule has 0 amide bonds. The summed E-state index contributed by atoms with van der Waals surface area (Å²) in [5, 5.41) is 13.7. The molecule has 9 heteroatoms. The predicted molar refractivity (Wildman–Crippen MR) is 73.1 cm³/mol. The Morgan fingerprint density at radius 3 is 3.00 bits per heavy atom. The van der Waals surface area contributed by atoms with Crippen molar-refractivity contribution in [3.05, 3.63) is 46.0 Å². The van der Waals surface area contributed by atoms with Crippen LogP contribution >= 0.6 is 11.6 Å². The van der Waals surface area contributed by atoms with Crippen LogP contribution in [0.15, 0.2) is 30.6 Å². The number of nitrogens with zero attached hydrogens (tertiary/aromatic N) is 4. The highest BCUT2D eigenvalue weighted by atomic mass is 35.5. The molecule has 0 bridgehead atoms. The molecule has 0 spiro atoms. The van der Waals surface area contributed by atoms with Gasteiger partial charge in [-0.1, -0.05) is 6.07 Å². The number of aromatic amines is 1. The average Bonchev–Trinajstić information content (AvgIpc) is 2.87. The molecule has 0 unspecified atom stereocenters. The maximum Gasteiger partial charge on any atom is 0.271 e. The summed E-state index contributed by atoms with van der Waals surface area (Å²) in [4.78, 5) is 25.1. The van der Waals surface area contributed by atoms with E-state index in [0.29, 0.717) is 22.7 Å². The van der Waals surface area contributed by atoms with Crippen LogP contribution in [0.25, 0.3) is 11.2 Å². The number of nitro groups is 1. The van der Waals surface area contributed by atoms with E-state index >= 15 is 0 Å². The molecule has 0 saturated carbocycles. The highest BCUT2D eigenvalue weighted by Crippen LogP contribution is 2.24. The summed E-state index contributed by atoms with van der Waals surface area (Å²) in [7, 11) is 0. The van der Waals surface area contributed by atoms with E-state index < -0.39 is 4.92 Å². The lowest BCUT2D eigenvalue weighted by Gasteiger charge is -2.06. The predicted octanol–water partition coefficient (Wildman–Crippen LogP) is 2.66. The molecule has 1 aromatic carbocycles. The fourth-order valence-corrected chi connectivity index (χ4v) is 1.90. The van der Waals surface area contributed by atoms with Gasteiger partial charge in [-0.3, -0.25) is 10.1 Å². The first-order chi connectivity index (χ1) is 9.63.